The molecule has 0 aromatic heterocycles. The number of carbonyl (C=O) groups excluding carboxylic acids is 1. The topological polar surface area (TPSA) is 29.1 Å². The number of amides is 1. The lowest BCUT2D eigenvalue weighted by Gasteiger charge is -2.08. The molecule has 2 aromatic rings. The van der Waals surface area contributed by atoms with Crippen LogP contribution in [-0.4, -0.2) is 11.7 Å². The zero-order chi connectivity index (χ0) is 14.5. The van der Waals surface area contributed by atoms with Crippen LogP contribution in [0.15, 0.2) is 51.8 Å². The zero-order valence-electron chi connectivity index (χ0n) is 10.2. The number of benzene rings is 2. The second kappa shape index (κ2) is 6.85. The van der Waals surface area contributed by atoms with Gasteiger partial charge >= 0.3 is 0 Å². The van der Waals surface area contributed by atoms with Gasteiger partial charge < -0.3 is 5.32 Å². The van der Waals surface area contributed by atoms with E-state index in [1.54, 1.807) is 0 Å². The van der Waals surface area contributed by atoms with Crippen LogP contribution in [0.1, 0.15) is 0 Å². The predicted molar refractivity (Wildman–Crippen MR) is 79.9 cm³/mol. The lowest BCUT2D eigenvalue weighted by atomic mass is 10.3. The fourth-order valence-corrected chi connectivity index (χ4v) is 2.62. The first-order valence-corrected chi connectivity index (χ1v) is 7.46. The molecule has 0 radical (unpaired) electrons. The van der Waals surface area contributed by atoms with E-state index in [-0.39, 0.29) is 10.2 Å². The van der Waals surface area contributed by atoms with Gasteiger partial charge in [-0.15, -0.1) is 11.8 Å². The summed E-state index contributed by atoms with van der Waals surface area (Å²) in [5.74, 6) is -2.00. The number of hydrogen-bond acceptors (Lipinski definition) is 2. The first kappa shape index (κ1) is 15.0. The summed E-state index contributed by atoms with van der Waals surface area (Å²) in [5.41, 5.74) is -0.424. The molecule has 104 valence electrons. The quantitative estimate of drug-likeness (QED) is 0.818. The van der Waals surface area contributed by atoms with Gasteiger partial charge in [0.25, 0.3) is 0 Å². The van der Waals surface area contributed by atoms with Crippen LogP contribution in [0.3, 0.4) is 0 Å². The molecule has 1 N–H and O–H groups in total. The largest absolute Gasteiger partial charge is 0.320 e. The van der Waals surface area contributed by atoms with Crippen molar-refractivity contribution in [2.45, 2.75) is 4.90 Å². The van der Waals surface area contributed by atoms with Gasteiger partial charge in [-0.25, -0.2) is 8.78 Å². The van der Waals surface area contributed by atoms with Crippen LogP contribution >= 0.6 is 27.7 Å². The van der Waals surface area contributed by atoms with Crippen molar-refractivity contribution >= 4 is 39.3 Å². The molecule has 0 atom stereocenters. The van der Waals surface area contributed by atoms with E-state index < -0.39 is 23.2 Å². The maximum atomic E-state index is 13.5. The zero-order valence-corrected chi connectivity index (χ0v) is 12.6. The van der Waals surface area contributed by atoms with Gasteiger partial charge in [-0.2, -0.15) is 0 Å². The summed E-state index contributed by atoms with van der Waals surface area (Å²) in [6.07, 6.45) is 0. The highest BCUT2D eigenvalue weighted by Crippen LogP contribution is 2.24. The molecule has 0 aliphatic rings. The van der Waals surface area contributed by atoms with Gasteiger partial charge in [-0.05, 0) is 24.3 Å². The van der Waals surface area contributed by atoms with Crippen molar-refractivity contribution in [3.8, 4) is 0 Å². The van der Waals surface area contributed by atoms with Gasteiger partial charge in [0.1, 0.15) is 5.69 Å². The minimum atomic E-state index is -0.810. The van der Waals surface area contributed by atoms with Crippen molar-refractivity contribution in [2.24, 2.45) is 0 Å². The Bertz CT molecular complexity index is 599. The fourth-order valence-electron chi connectivity index (χ4n) is 1.50. The van der Waals surface area contributed by atoms with E-state index in [0.29, 0.717) is 0 Å². The SMILES string of the molecule is O=C(CSc1ccccc1)Nc1c(F)cc(Br)cc1F. The molecule has 0 bridgehead atoms. The average Bonchev–Trinajstić information content (AvgIpc) is 2.42. The molecule has 0 aliphatic carbocycles. The van der Waals surface area contributed by atoms with Gasteiger partial charge in [-0.3, -0.25) is 4.79 Å². The normalized spacial score (nSPS) is 10.3. The van der Waals surface area contributed by atoms with Crippen molar-refractivity contribution < 1.29 is 13.6 Å². The van der Waals surface area contributed by atoms with Crippen LogP contribution in [0.5, 0.6) is 0 Å². The second-order valence-corrected chi connectivity index (χ2v) is 5.86. The van der Waals surface area contributed by atoms with E-state index in [0.717, 1.165) is 17.0 Å². The highest BCUT2D eigenvalue weighted by atomic mass is 79.9. The van der Waals surface area contributed by atoms with E-state index in [9.17, 15) is 13.6 Å². The third-order valence-electron chi connectivity index (χ3n) is 2.38. The van der Waals surface area contributed by atoms with Crippen LogP contribution in [-0.2, 0) is 4.79 Å². The number of carbonyl (C=O) groups is 1. The van der Waals surface area contributed by atoms with E-state index in [2.05, 4.69) is 21.2 Å². The van der Waals surface area contributed by atoms with Gasteiger partial charge in [-0.1, -0.05) is 34.1 Å². The fraction of sp³-hybridized carbons (Fsp3) is 0.0714. The molecule has 0 aliphatic heterocycles. The Hall–Kier alpha value is -1.40. The minimum absolute atomic E-state index is 0.0823. The standard InChI is InChI=1S/C14H10BrF2NOS/c15-9-6-11(16)14(12(17)7-9)18-13(19)8-20-10-4-2-1-3-5-10/h1-7H,8H2,(H,18,19). The molecule has 0 saturated carbocycles. The van der Waals surface area contributed by atoms with Crippen molar-refractivity contribution in [1.29, 1.82) is 0 Å². The average molecular weight is 358 g/mol. The summed E-state index contributed by atoms with van der Waals surface area (Å²) in [5, 5.41) is 2.25. The van der Waals surface area contributed by atoms with Crippen LogP contribution < -0.4 is 5.32 Å². The first-order valence-electron chi connectivity index (χ1n) is 5.68. The first-order chi connectivity index (χ1) is 9.56. The van der Waals surface area contributed by atoms with Crippen molar-refractivity contribution in [3.63, 3.8) is 0 Å². The maximum Gasteiger partial charge on any atom is 0.234 e. The monoisotopic (exact) mass is 357 g/mol. The third-order valence-corrected chi connectivity index (χ3v) is 3.85. The van der Waals surface area contributed by atoms with E-state index in [1.807, 2.05) is 30.3 Å². The lowest BCUT2D eigenvalue weighted by molar-refractivity contribution is -0.113. The Kier molecular flexibility index (Phi) is 5.14. The molecule has 0 spiro atoms. The Morgan fingerprint density at radius 1 is 1.15 bits per heavy atom. The molecule has 0 heterocycles. The summed E-state index contributed by atoms with van der Waals surface area (Å²) in [4.78, 5) is 12.6. The van der Waals surface area contributed by atoms with E-state index >= 15 is 0 Å². The Morgan fingerprint density at radius 3 is 2.35 bits per heavy atom. The molecule has 0 saturated heterocycles. The van der Waals surface area contributed by atoms with Crippen molar-refractivity contribution in [1.82, 2.24) is 0 Å². The predicted octanol–water partition coefficient (Wildman–Crippen LogP) is 4.46. The smallest absolute Gasteiger partial charge is 0.234 e. The highest BCUT2D eigenvalue weighted by Gasteiger charge is 2.13. The lowest BCUT2D eigenvalue weighted by Crippen LogP contribution is -2.16. The van der Waals surface area contributed by atoms with Gasteiger partial charge in [0.15, 0.2) is 11.6 Å². The van der Waals surface area contributed by atoms with Crippen LogP contribution in [0.4, 0.5) is 14.5 Å². The molecular formula is C14H10BrF2NOS. The van der Waals surface area contributed by atoms with Gasteiger partial charge in [0, 0.05) is 9.37 Å². The summed E-state index contributed by atoms with van der Waals surface area (Å²) in [6, 6.07) is 11.5. The number of anilines is 1. The molecule has 2 nitrogen and oxygen atoms in total. The number of rotatable bonds is 4. The number of hydrogen-bond donors (Lipinski definition) is 1. The summed E-state index contributed by atoms with van der Waals surface area (Å²) >= 11 is 4.27. The molecule has 6 heteroatoms. The molecule has 1 amide bonds. The molecule has 0 unspecified atom stereocenters. The van der Waals surface area contributed by atoms with Crippen molar-refractivity contribution in [2.75, 3.05) is 11.1 Å². The van der Waals surface area contributed by atoms with E-state index in [4.69, 9.17) is 0 Å². The van der Waals surface area contributed by atoms with Gasteiger partial charge in [0.05, 0.1) is 5.75 Å². The number of nitrogens with one attached hydrogen (secondary N) is 1. The molecule has 0 fully saturated rings. The maximum absolute atomic E-state index is 13.5. The number of halogens is 3. The summed E-state index contributed by atoms with van der Waals surface area (Å²) < 4.78 is 27.4. The molecule has 2 rings (SSSR count). The molecule has 20 heavy (non-hydrogen) atoms. The highest BCUT2D eigenvalue weighted by molar-refractivity contribution is 9.10. The molecular weight excluding hydrogens is 348 g/mol. The summed E-state index contributed by atoms with van der Waals surface area (Å²) in [6.45, 7) is 0. The van der Waals surface area contributed by atoms with E-state index in [1.165, 1.54) is 11.8 Å². The number of thioether (sulfide) groups is 1. The van der Waals surface area contributed by atoms with Gasteiger partial charge in [0.2, 0.25) is 5.91 Å². The van der Waals surface area contributed by atoms with Crippen LogP contribution in [0.2, 0.25) is 0 Å². The van der Waals surface area contributed by atoms with Crippen LogP contribution in [0.25, 0.3) is 0 Å². The third kappa shape index (κ3) is 4.05. The van der Waals surface area contributed by atoms with Crippen LogP contribution in [0, 0.1) is 11.6 Å². The summed E-state index contributed by atoms with van der Waals surface area (Å²) in [7, 11) is 0. The minimum Gasteiger partial charge on any atom is -0.320 e. The Morgan fingerprint density at radius 2 is 1.75 bits per heavy atom. The Labute approximate surface area is 127 Å². The molecule has 2 aromatic carbocycles. The van der Waals surface area contributed by atoms with Crippen molar-refractivity contribution in [3.05, 3.63) is 58.6 Å². The Balaban J connectivity index is 1.98. The second-order valence-electron chi connectivity index (χ2n) is 3.89.